The molecule has 2 saturated heterocycles. The predicted octanol–water partition coefficient (Wildman–Crippen LogP) is 3.18. The van der Waals surface area contributed by atoms with E-state index in [9.17, 15) is 9.59 Å². The third-order valence-electron chi connectivity index (χ3n) is 4.53. The summed E-state index contributed by atoms with van der Waals surface area (Å²) in [6.45, 7) is 4.27. The van der Waals surface area contributed by atoms with Gasteiger partial charge in [-0.2, -0.15) is 0 Å². The van der Waals surface area contributed by atoms with Gasteiger partial charge in [0.2, 0.25) is 5.91 Å². The van der Waals surface area contributed by atoms with Gasteiger partial charge in [0.05, 0.1) is 24.2 Å². The van der Waals surface area contributed by atoms with Crippen molar-refractivity contribution in [2.24, 2.45) is 11.8 Å². The van der Waals surface area contributed by atoms with Gasteiger partial charge < -0.3 is 9.47 Å². The van der Waals surface area contributed by atoms with E-state index in [1.165, 1.54) is 4.90 Å². The summed E-state index contributed by atoms with van der Waals surface area (Å²) >= 11 is 2.22. The van der Waals surface area contributed by atoms with Crippen molar-refractivity contribution in [1.29, 1.82) is 0 Å². The molecule has 4 atom stereocenters. The Bertz CT molecular complexity index is 592. The van der Waals surface area contributed by atoms with E-state index < -0.39 is 6.09 Å². The highest BCUT2D eigenvalue weighted by molar-refractivity contribution is 14.1. The molecule has 2 heterocycles. The Labute approximate surface area is 149 Å². The number of halogens is 1. The minimum absolute atomic E-state index is 0.158. The quantitative estimate of drug-likeness (QED) is 0.545. The summed E-state index contributed by atoms with van der Waals surface area (Å²) in [5.74, 6) is -0.339. The van der Waals surface area contributed by atoms with Gasteiger partial charge in [-0.25, -0.2) is 9.69 Å². The molecule has 0 N–H and O–H groups in total. The van der Waals surface area contributed by atoms with Crippen molar-refractivity contribution in [3.05, 3.63) is 35.9 Å². The van der Waals surface area contributed by atoms with E-state index in [1.54, 1.807) is 0 Å². The molecule has 0 spiro atoms. The van der Waals surface area contributed by atoms with Crippen molar-refractivity contribution in [2.45, 2.75) is 32.1 Å². The molecule has 0 bridgehead atoms. The number of nitrogens with zero attached hydrogens (tertiary/aromatic N) is 1. The molecule has 2 fully saturated rings. The summed E-state index contributed by atoms with van der Waals surface area (Å²) in [5, 5.41) is 0. The fraction of sp³-hybridized carbons (Fsp3) is 0.529. The highest BCUT2D eigenvalue weighted by Gasteiger charge is 2.52. The molecule has 0 saturated carbocycles. The summed E-state index contributed by atoms with van der Waals surface area (Å²) in [7, 11) is 0. The summed E-state index contributed by atoms with van der Waals surface area (Å²) < 4.78 is 11.7. The van der Waals surface area contributed by atoms with Crippen LogP contribution in [0, 0.1) is 11.8 Å². The minimum Gasteiger partial charge on any atom is -0.447 e. The van der Waals surface area contributed by atoms with Crippen molar-refractivity contribution in [2.75, 3.05) is 11.0 Å². The van der Waals surface area contributed by atoms with Crippen LogP contribution in [0.5, 0.6) is 0 Å². The second-order valence-electron chi connectivity index (χ2n) is 6.28. The number of alkyl halides is 1. The van der Waals surface area contributed by atoms with Gasteiger partial charge >= 0.3 is 6.09 Å². The van der Waals surface area contributed by atoms with Crippen LogP contribution in [0.1, 0.15) is 25.5 Å². The van der Waals surface area contributed by atoms with Crippen LogP contribution >= 0.6 is 22.6 Å². The fourth-order valence-electron chi connectivity index (χ4n) is 3.15. The zero-order chi connectivity index (χ0) is 16.6. The smallest absolute Gasteiger partial charge is 0.416 e. The number of imide groups is 1. The number of benzene rings is 1. The van der Waals surface area contributed by atoms with Crippen LogP contribution < -0.4 is 0 Å². The van der Waals surface area contributed by atoms with Gasteiger partial charge in [-0.15, -0.1) is 0 Å². The highest BCUT2D eigenvalue weighted by atomic mass is 127. The molecule has 124 valence electrons. The predicted molar refractivity (Wildman–Crippen MR) is 93.3 cm³/mol. The van der Waals surface area contributed by atoms with Crippen LogP contribution in [0.4, 0.5) is 4.79 Å². The molecule has 23 heavy (non-hydrogen) atoms. The molecule has 0 radical (unpaired) electrons. The van der Waals surface area contributed by atoms with E-state index in [4.69, 9.17) is 9.47 Å². The number of rotatable bonds is 4. The fourth-order valence-corrected chi connectivity index (χ4v) is 3.91. The first-order chi connectivity index (χ1) is 11.0. The maximum atomic E-state index is 13.0. The van der Waals surface area contributed by atoms with Crippen LogP contribution in [-0.4, -0.2) is 40.1 Å². The van der Waals surface area contributed by atoms with Crippen LogP contribution in [0.2, 0.25) is 0 Å². The lowest BCUT2D eigenvalue weighted by Crippen LogP contribution is -2.56. The molecule has 2 aliphatic heterocycles. The standard InChI is InChI=1S/C17H20INO4/c1-10(2)12-9-22-17(21)19(12)16(20)14-13(8-18)23-15(14)11-6-4-3-5-7-11/h3-7,10,12-15H,8-9H2,1-2H3/t12-,13+,14+,15-/m1/s1. The van der Waals surface area contributed by atoms with E-state index in [2.05, 4.69) is 22.6 Å². The van der Waals surface area contributed by atoms with E-state index in [0.29, 0.717) is 4.43 Å². The first kappa shape index (κ1) is 16.7. The summed E-state index contributed by atoms with van der Waals surface area (Å²) in [6.07, 6.45) is -0.973. The topological polar surface area (TPSA) is 55.8 Å². The monoisotopic (exact) mass is 429 g/mol. The SMILES string of the molecule is CC(C)[C@H]1COC(=O)N1C(=O)[C@H]1[C@H](CI)O[C@@H]1c1ccccc1. The maximum absolute atomic E-state index is 13.0. The molecule has 3 rings (SSSR count). The van der Waals surface area contributed by atoms with E-state index in [0.717, 1.165) is 5.56 Å². The van der Waals surface area contributed by atoms with Crippen LogP contribution in [0.15, 0.2) is 30.3 Å². The second-order valence-corrected chi connectivity index (χ2v) is 7.16. The average Bonchev–Trinajstić information content (AvgIpc) is 2.90. The number of carbonyl (C=O) groups excluding carboxylic acids is 2. The van der Waals surface area contributed by atoms with Gasteiger partial charge in [-0.1, -0.05) is 66.8 Å². The number of hydrogen-bond acceptors (Lipinski definition) is 4. The third-order valence-corrected chi connectivity index (χ3v) is 5.39. The van der Waals surface area contributed by atoms with Gasteiger partial charge in [0.1, 0.15) is 6.61 Å². The molecule has 2 amide bonds. The summed E-state index contributed by atoms with van der Waals surface area (Å²) in [6, 6.07) is 9.51. The van der Waals surface area contributed by atoms with Crippen molar-refractivity contribution in [1.82, 2.24) is 4.90 Å². The molecule has 1 aromatic carbocycles. The van der Waals surface area contributed by atoms with Crippen molar-refractivity contribution in [3.8, 4) is 0 Å². The Morgan fingerprint density at radius 1 is 1.35 bits per heavy atom. The van der Waals surface area contributed by atoms with Crippen LogP contribution in [0.25, 0.3) is 0 Å². The number of hydrogen-bond donors (Lipinski definition) is 0. The van der Waals surface area contributed by atoms with E-state index in [1.807, 2.05) is 44.2 Å². The molecule has 2 aliphatic rings. The third kappa shape index (κ3) is 2.98. The number of ether oxygens (including phenoxy) is 2. The minimum atomic E-state index is -0.528. The van der Waals surface area contributed by atoms with Gasteiger partial charge in [0, 0.05) is 4.43 Å². The Balaban J connectivity index is 1.85. The zero-order valence-electron chi connectivity index (χ0n) is 13.1. The lowest BCUT2D eigenvalue weighted by Gasteiger charge is -2.44. The lowest BCUT2D eigenvalue weighted by atomic mass is 9.84. The summed E-state index contributed by atoms with van der Waals surface area (Å²) in [5.41, 5.74) is 0.973. The van der Waals surface area contributed by atoms with Crippen molar-refractivity contribution < 1.29 is 19.1 Å². The van der Waals surface area contributed by atoms with Crippen molar-refractivity contribution in [3.63, 3.8) is 0 Å². The van der Waals surface area contributed by atoms with E-state index in [-0.39, 0.29) is 42.6 Å². The number of carbonyl (C=O) groups is 2. The molecule has 0 aliphatic carbocycles. The van der Waals surface area contributed by atoms with Crippen LogP contribution in [0.3, 0.4) is 0 Å². The number of amides is 2. The molecular formula is C17H20INO4. The molecule has 0 unspecified atom stereocenters. The van der Waals surface area contributed by atoms with Gasteiger partial charge in [-0.05, 0) is 11.5 Å². The van der Waals surface area contributed by atoms with Gasteiger partial charge in [0.15, 0.2) is 0 Å². The Morgan fingerprint density at radius 3 is 2.65 bits per heavy atom. The molecule has 1 aromatic rings. The molecule has 6 heteroatoms. The Kier molecular flexibility index (Phi) is 4.91. The van der Waals surface area contributed by atoms with Gasteiger partial charge in [0.25, 0.3) is 0 Å². The molecular weight excluding hydrogens is 409 g/mol. The highest BCUT2D eigenvalue weighted by Crippen LogP contribution is 2.43. The lowest BCUT2D eigenvalue weighted by molar-refractivity contribution is -0.192. The Hall–Kier alpha value is -1.15. The first-order valence-electron chi connectivity index (χ1n) is 7.80. The number of cyclic esters (lactones) is 1. The van der Waals surface area contributed by atoms with Gasteiger partial charge in [-0.3, -0.25) is 4.79 Å². The van der Waals surface area contributed by atoms with E-state index >= 15 is 0 Å². The zero-order valence-corrected chi connectivity index (χ0v) is 15.3. The maximum Gasteiger partial charge on any atom is 0.416 e. The normalized spacial score (nSPS) is 30.3. The molecule has 0 aromatic heterocycles. The van der Waals surface area contributed by atoms with Crippen molar-refractivity contribution >= 4 is 34.6 Å². The summed E-state index contributed by atoms with van der Waals surface area (Å²) in [4.78, 5) is 26.4. The second kappa shape index (κ2) is 6.76. The average molecular weight is 429 g/mol. The molecule has 5 nitrogen and oxygen atoms in total. The van der Waals surface area contributed by atoms with Crippen LogP contribution in [-0.2, 0) is 14.3 Å². The largest absolute Gasteiger partial charge is 0.447 e. The Morgan fingerprint density at radius 2 is 2.04 bits per heavy atom. The first-order valence-corrected chi connectivity index (χ1v) is 9.33.